The van der Waals surface area contributed by atoms with Crippen LogP contribution in [0.3, 0.4) is 0 Å². The van der Waals surface area contributed by atoms with Crippen molar-refractivity contribution in [2.75, 3.05) is 19.6 Å². The normalized spacial score (nSPS) is 31.5. The maximum absolute atomic E-state index is 4.36. The minimum atomic E-state index is 0.648. The van der Waals surface area contributed by atoms with Gasteiger partial charge in [0.25, 0.3) is 0 Å². The first-order chi connectivity index (χ1) is 3.83. The van der Waals surface area contributed by atoms with Crippen LogP contribution in [0.5, 0.6) is 0 Å². The van der Waals surface area contributed by atoms with Crippen molar-refractivity contribution < 1.29 is 0 Å². The lowest BCUT2D eigenvalue weighted by Gasteiger charge is -2.09. The molecule has 0 aromatic rings. The van der Waals surface area contributed by atoms with Crippen LogP contribution in [-0.4, -0.2) is 29.8 Å². The molecule has 1 nitrogen and oxygen atoms in total. The van der Waals surface area contributed by atoms with Crippen molar-refractivity contribution in [2.45, 2.75) is 18.6 Å². The molecule has 0 aromatic carbocycles. The summed E-state index contributed by atoms with van der Waals surface area (Å²) in [5.74, 6) is 0. The van der Waals surface area contributed by atoms with Crippen molar-refractivity contribution in [2.24, 2.45) is 0 Å². The summed E-state index contributed by atoms with van der Waals surface area (Å²) >= 11 is 4.36. The SMILES string of the molecule is CCN1CCC(S)C1. The molecule has 1 unspecified atom stereocenters. The largest absolute Gasteiger partial charge is 0.302 e. The number of rotatable bonds is 1. The molecule has 1 fully saturated rings. The summed E-state index contributed by atoms with van der Waals surface area (Å²) in [5.41, 5.74) is 0. The molecule has 8 heavy (non-hydrogen) atoms. The van der Waals surface area contributed by atoms with E-state index in [1.165, 1.54) is 26.1 Å². The van der Waals surface area contributed by atoms with Gasteiger partial charge in [-0.2, -0.15) is 12.6 Å². The summed E-state index contributed by atoms with van der Waals surface area (Å²) in [6.07, 6.45) is 1.27. The van der Waals surface area contributed by atoms with Crippen molar-refractivity contribution in [1.82, 2.24) is 4.90 Å². The molecule has 1 atom stereocenters. The zero-order valence-electron chi connectivity index (χ0n) is 5.30. The van der Waals surface area contributed by atoms with Crippen LogP contribution in [0, 0.1) is 0 Å². The van der Waals surface area contributed by atoms with E-state index in [-0.39, 0.29) is 0 Å². The molecule has 0 saturated carbocycles. The van der Waals surface area contributed by atoms with Gasteiger partial charge in [-0.05, 0) is 19.5 Å². The second-order valence-corrected chi connectivity index (χ2v) is 3.07. The van der Waals surface area contributed by atoms with Crippen LogP contribution in [0.25, 0.3) is 0 Å². The van der Waals surface area contributed by atoms with Gasteiger partial charge in [0.2, 0.25) is 0 Å². The molecule has 0 aromatic heterocycles. The van der Waals surface area contributed by atoms with Crippen LogP contribution in [0.4, 0.5) is 0 Å². The summed E-state index contributed by atoms with van der Waals surface area (Å²) in [4.78, 5) is 2.43. The molecule has 0 radical (unpaired) electrons. The monoisotopic (exact) mass is 131 g/mol. The summed E-state index contributed by atoms with van der Waals surface area (Å²) in [6.45, 7) is 5.84. The Kier molecular flexibility index (Phi) is 2.20. The summed E-state index contributed by atoms with van der Waals surface area (Å²) in [6, 6.07) is 0. The highest BCUT2D eigenvalue weighted by molar-refractivity contribution is 7.81. The lowest BCUT2D eigenvalue weighted by molar-refractivity contribution is 0.360. The van der Waals surface area contributed by atoms with Gasteiger partial charge in [0, 0.05) is 11.8 Å². The summed E-state index contributed by atoms with van der Waals surface area (Å²) in [7, 11) is 0. The molecule has 0 aliphatic carbocycles. The first kappa shape index (κ1) is 6.43. The van der Waals surface area contributed by atoms with Gasteiger partial charge in [-0.25, -0.2) is 0 Å². The second-order valence-electron chi connectivity index (χ2n) is 2.34. The Bertz CT molecular complexity index is 74.9. The third-order valence-corrected chi connectivity index (χ3v) is 2.12. The van der Waals surface area contributed by atoms with Gasteiger partial charge in [-0.3, -0.25) is 0 Å². The van der Waals surface area contributed by atoms with Crippen molar-refractivity contribution in [3.8, 4) is 0 Å². The van der Waals surface area contributed by atoms with Gasteiger partial charge in [-0.1, -0.05) is 6.92 Å². The molecular weight excluding hydrogens is 118 g/mol. The fraction of sp³-hybridized carbons (Fsp3) is 1.00. The van der Waals surface area contributed by atoms with E-state index in [2.05, 4.69) is 24.5 Å². The average molecular weight is 131 g/mol. The van der Waals surface area contributed by atoms with Crippen molar-refractivity contribution in [3.05, 3.63) is 0 Å². The van der Waals surface area contributed by atoms with Gasteiger partial charge >= 0.3 is 0 Å². The minimum absolute atomic E-state index is 0.648. The van der Waals surface area contributed by atoms with E-state index >= 15 is 0 Å². The van der Waals surface area contributed by atoms with Crippen LogP contribution in [0.1, 0.15) is 13.3 Å². The average Bonchev–Trinajstić information content (AvgIpc) is 2.14. The molecule has 0 bridgehead atoms. The fourth-order valence-electron chi connectivity index (χ4n) is 1.10. The molecule has 1 rings (SSSR count). The molecule has 1 saturated heterocycles. The Labute approximate surface area is 56.5 Å². The van der Waals surface area contributed by atoms with E-state index in [1.54, 1.807) is 0 Å². The number of thiol groups is 1. The summed E-state index contributed by atoms with van der Waals surface area (Å²) < 4.78 is 0. The first-order valence-corrected chi connectivity index (χ1v) is 3.75. The lowest BCUT2D eigenvalue weighted by atomic mass is 10.4. The fourth-order valence-corrected chi connectivity index (χ4v) is 1.45. The van der Waals surface area contributed by atoms with Gasteiger partial charge in [0.05, 0.1) is 0 Å². The second kappa shape index (κ2) is 2.74. The zero-order valence-corrected chi connectivity index (χ0v) is 6.19. The smallest absolute Gasteiger partial charge is 0.0156 e. The first-order valence-electron chi connectivity index (χ1n) is 3.23. The third kappa shape index (κ3) is 1.39. The van der Waals surface area contributed by atoms with Crippen LogP contribution in [0.2, 0.25) is 0 Å². The van der Waals surface area contributed by atoms with E-state index in [9.17, 15) is 0 Å². The maximum atomic E-state index is 4.36. The highest BCUT2D eigenvalue weighted by Crippen LogP contribution is 2.12. The Morgan fingerprint density at radius 2 is 2.50 bits per heavy atom. The molecule has 48 valence electrons. The van der Waals surface area contributed by atoms with Crippen molar-refractivity contribution in [1.29, 1.82) is 0 Å². The molecule has 1 aliphatic rings. The lowest BCUT2D eigenvalue weighted by Crippen LogP contribution is -2.19. The molecule has 1 aliphatic heterocycles. The molecule has 1 heterocycles. The van der Waals surface area contributed by atoms with Crippen molar-refractivity contribution >= 4 is 12.6 Å². The third-order valence-electron chi connectivity index (χ3n) is 1.69. The summed E-state index contributed by atoms with van der Waals surface area (Å²) in [5, 5.41) is 0.648. The quantitative estimate of drug-likeness (QED) is 0.520. The van der Waals surface area contributed by atoms with E-state index in [0.29, 0.717) is 5.25 Å². The Hall–Kier alpha value is 0.310. The molecule has 0 spiro atoms. The van der Waals surface area contributed by atoms with Gasteiger partial charge in [0.1, 0.15) is 0 Å². The van der Waals surface area contributed by atoms with Crippen LogP contribution in [-0.2, 0) is 0 Å². The predicted octanol–water partition coefficient (Wildman–Crippen LogP) is 1.01. The number of likely N-dealkylation sites (tertiary alicyclic amines) is 1. The van der Waals surface area contributed by atoms with E-state index < -0.39 is 0 Å². The van der Waals surface area contributed by atoms with Gasteiger partial charge < -0.3 is 4.90 Å². The number of hydrogen-bond acceptors (Lipinski definition) is 2. The number of hydrogen-bond donors (Lipinski definition) is 1. The maximum Gasteiger partial charge on any atom is 0.0156 e. The predicted molar refractivity (Wildman–Crippen MR) is 39.5 cm³/mol. The molecule has 2 heteroatoms. The van der Waals surface area contributed by atoms with Gasteiger partial charge in [-0.15, -0.1) is 0 Å². The molecule has 0 amide bonds. The highest BCUT2D eigenvalue weighted by Gasteiger charge is 2.16. The van der Waals surface area contributed by atoms with Crippen LogP contribution < -0.4 is 0 Å². The van der Waals surface area contributed by atoms with E-state index in [4.69, 9.17) is 0 Å². The standard InChI is InChI=1S/C6H13NS/c1-2-7-4-3-6(8)5-7/h6,8H,2-5H2,1H3. The van der Waals surface area contributed by atoms with Gasteiger partial charge in [0.15, 0.2) is 0 Å². The minimum Gasteiger partial charge on any atom is -0.302 e. The Morgan fingerprint density at radius 3 is 2.75 bits per heavy atom. The van der Waals surface area contributed by atoms with E-state index in [1.807, 2.05) is 0 Å². The zero-order chi connectivity index (χ0) is 5.98. The number of nitrogens with zero attached hydrogens (tertiary/aromatic N) is 1. The highest BCUT2D eigenvalue weighted by atomic mass is 32.1. The van der Waals surface area contributed by atoms with Crippen LogP contribution >= 0.6 is 12.6 Å². The van der Waals surface area contributed by atoms with Crippen molar-refractivity contribution in [3.63, 3.8) is 0 Å². The topological polar surface area (TPSA) is 3.24 Å². The Balaban J connectivity index is 2.22. The van der Waals surface area contributed by atoms with Crippen LogP contribution in [0.15, 0.2) is 0 Å². The van der Waals surface area contributed by atoms with E-state index in [0.717, 1.165) is 0 Å². The molecule has 0 N–H and O–H groups in total. The Morgan fingerprint density at radius 1 is 1.75 bits per heavy atom. The molecular formula is C6H13NS.